The van der Waals surface area contributed by atoms with Crippen LogP contribution < -0.4 is 5.32 Å². The number of rotatable bonds is 4. The molecule has 0 fully saturated rings. The number of hydrogen-bond donors (Lipinski definition) is 2. The highest BCUT2D eigenvalue weighted by atomic mass is 16.5. The monoisotopic (exact) mass is 257 g/mol. The molecule has 0 radical (unpaired) electrons. The van der Waals surface area contributed by atoms with Gasteiger partial charge in [-0.05, 0) is 12.5 Å². The van der Waals surface area contributed by atoms with Crippen LogP contribution in [0.4, 0.5) is 0 Å². The molecule has 0 spiro atoms. The Morgan fingerprint density at radius 1 is 1.32 bits per heavy atom. The van der Waals surface area contributed by atoms with Crippen molar-refractivity contribution in [2.45, 2.75) is 25.5 Å². The van der Waals surface area contributed by atoms with Gasteiger partial charge in [-0.15, -0.1) is 0 Å². The van der Waals surface area contributed by atoms with Gasteiger partial charge in [-0.1, -0.05) is 30.3 Å². The molecule has 100 valence electrons. The van der Waals surface area contributed by atoms with E-state index in [-0.39, 0.29) is 5.54 Å². The van der Waals surface area contributed by atoms with E-state index in [9.17, 15) is 0 Å². The zero-order valence-corrected chi connectivity index (χ0v) is 11.1. The summed E-state index contributed by atoms with van der Waals surface area (Å²) < 4.78 is 5.87. The number of nitrogens with one attached hydrogen (secondary N) is 2. The summed E-state index contributed by atoms with van der Waals surface area (Å²) in [6.45, 7) is 4.37. The van der Waals surface area contributed by atoms with Gasteiger partial charge in [0.25, 0.3) is 0 Å². The fourth-order valence-corrected chi connectivity index (χ4v) is 2.60. The standard InChI is InChI=1S/C15H19N3O/c1-15(10-19-9-12-5-3-2-4-6-12)14-13(7-8-18-15)16-11-17-14/h2-6,11,18H,7-10H2,1H3,(H,16,17). The number of fused-ring (bicyclic) bond motifs is 1. The second-order valence-corrected chi connectivity index (χ2v) is 5.22. The number of aromatic nitrogens is 2. The minimum Gasteiger partial charge on any atom is -0.374 e. The van der Waals surface area contributed by atoms with E-state index in [4.69, 9.17) is 4.74 Å². The van der Waals surface area contributed by atoms with Crippen LogP contribution in [-0.4, -0.2) is 23.1 Å². The van der Waals surface area contributed by atoms with Crippen LogP contribution in [0, 0.1) is 0 Å². The van der Waals surface area contributed by atoms with E-state index in [1.165, 1.54) is 11.3 Å². The van der Waals surface area contributed by atoms with E-state index in [2.05, 4.69) is 34.3 Å². The van der Waals surface area contributed by atoms with Crippen LogP contribution in [-0.2, 0) is 23.3 Å². The SMILES string of the molecule is CC1(COCc2ccccc2)NCCc2[nH]cnc21. The molecule has 1 aromatic carbocycles. The van der Waals surface area contributed by atoms with E-state index < -0.39 is 0 Å². The molecule has 4 heteroatoms. The largest absolute Gasteiger partial charge is 0.374 e. The van der Waals surface area contributed by atoms with Crippen LogP contribution in [0.25, 0.3) is 0 Å². The minimum absolute atomic E-state index is 0.192. The summed E-state index contributed by atoms with van der Waals surface area (Å²) in [6.07, 6.45) is 2.77. The molecule has 2 aromatic rings. The second kappa shape index (κ2) is 5.15. The van der Waals surface area contributed by atoms with Gasteiger partial charge in [0, 0.05) is 18.7 Å². The number of imidazole rings is 1. The Morgan fingerprint density at radius 2 is 2.16 bits per heavy atom. The third-order valence-electron chi connectivity index (χ3n) is 3.63. The van der Waals surface area contributed by atoms with Crippen LogP contribution in [0.15, 0.2) is 36.7 Å². The average molecular weight is 257 g/mol. The molecule has 2 N–H and O–H groups in total. The molecule has 1 atom stereocenters. The number of benzene rings is 1. The van der Waals surface area contributed by atoms with E-state index in [1.54, 1.807) is 6.33 Å². The molecule has 1 aliphatic rings. The van der Waals surface area contributed by atoms with E-state index in [0.717, 1.165) is 18.7 Å². The van der Waals surface area contributed by atoms with Gasteiger partial charge in [0.2, 0.25) is 0 Å². The molecule has 0 aliphatic carbocycles. The maximum absolute atomic E-state index is 5.87. The first-order valence-corrected chi connectivity index (χ1v) is 6.67. The van der Waals surface area contributed by atoms with Crippen molar-refractivity contribution < 1.29 is 4.74 Å². The molecule has 0 saturated heterocycles. The smallest absolute Gasteiger partial charge is 0.0926 e. The summed E-state index contributed by atoms with van der Waals surface area (Å²) in [7, 11) is 0. The average Bonchev–Trinajstić information content (AvgIpc) is 2.90. The van der Waals surface area contributed by atoms with Crippen molar-refractivity contribution in [1.82, 2.24) is 15.3 Å². The molecule has 1 aromatic heterocycles. The van der Waals surface area contributed by atoms with Gasteiger partial charge in [-0.2, -0.15) is 0 Å². The maximum atomic E-state index is 5.87. The van der Waals surface area contributed by atoms with Gasteiger partial charge in [-0.3, -0.25) is 0 Å². The molecule has 19 heavy (non-hydrogen) atoms. The van der Waals surface area contributed by atoms with Crippen LogP contribution in [0.1, 0.15) is 23.9 Å². The number of H-pyrrole nitrogens is 1. The maximum Gasteiger partial charge on any atom is 0.0926 e. The van der Waals surface area contributed by atoms with Crippen LogP contribution >= 0.6 is 0 Å². The predicted octanol–water partition coefficient (Wildman–Crippen LogP) is 1.99. The minimum atomic E-state index is -0.192. The van der Waals surface area contributed by atoms with Crippen molar-refractivity contribution in [2.24, 2.45) is 0 Å². The molecule has 1 unspecified atom stereocenters. The van der Waals surface area contributed by atoms with Gasteiger partial charge in [0.05, 0.1) is 30.8 Å². The van der Waals surface area contributed by atoms with E-state index in [0.29, 0.717) is 13.2 Å². The van der Waals surface area contributed by atoms with Crippen molar-refractivity contribution in [2.75, 3.05) is 13.2 Å². The summed E-state index contributed by atoms with van der Waals surface area (Å²) in [6, 6.07) is 10.2. The number of aromatic amines is 1. The summed E-state index contributed by atoms with van der Waals surface area (Å²) in [4.78, 5) is 7.65. The fraction of sp³-hybridized carbons (Fsp3) is 0.400. The Bertz CT molecular complexity index is 537. The highest BCUT2D eigenvalue weighted by Crippen LogP contribution is 2.26. The topological polar surface area (TPSA) is 49.9 Å². The lowest BCUT2D eigenvalue weighted by Crippen LogP contribution is -2.48. The molecule has 3 rings (SSSR count). The Labute approximate surface area is 113 Å². The Kier molecular flexibility index (Phi) is 3.36. The van der Waals surface area contributed by atoms with E-state index >= 15 is 0 Å². The zero-order chi connectivity index (χ0) is 13.1. The first-order chi connectivity index (χ1) is 9.28. The quantitative estimate of drug-likeness (QED) is 0.880. The highest BCUT2D eigenvalue weighted by Gasteiger charge is 2.34. The van der Waals surface area contributed by atoms with Crippen molar-refractivity contribution in [3.05, 3.63) is 53.6 Å². The lowest BCUT2D eigenvalue weighted by atomic mass is 9.92. The predicted molar refractivity (Wildman–Crippen MR) is 73.7 cm³/mol. The third-order valence-corrected chi connectivity index (χ3v) is 3.63. The highest BCUT2D eigenvalue weighted by molar-refractivity contribution is 5.24. The van der Waals surface area contributed by atoms with Crippen molar-refractivity contribution in [3.63, 3.8) is 0 Å². The van der Waals surface area contributed by atoms with Crippen LogP contribution in [0.3, 0.4) is 0 Å². The number of hydrogen-bond acceptors (Lipinski definition) is 3. The van der Waals surface area contributed by atoms with Gasteiger partial charge in [0.1, 0.15) is 0 Å². The molecule has 1 aliphatic heterocycles. The Balaban J connectivity index is 1.64. The lowest BCUT2D eigenvalue weighted by Gasteiger charge is -2.33. The first-order valence-electron chi connectivity index (χ1n) is 6.67. The number of ether oxygens (including phenoxy) is 1. The van der Waals surface area contributed by atoms with Crippen molar-refractivity contribution in [3.8, 4) is 0 Å². The van der Waals surface area contributed by atoms with Crippen LogP contribution in [0.2, 0.25) is 0 Å². The van der Waals surface area contributed by atoms with Gasteiger partial charge in [-0.25, -0.2) is 4.98 Å². The van der Waals surface area contributed by atoms with Crippen molar-refractivity contribution in [1.29, 1.82) is 0 Å². The number of nitrogens with zero attached hydrogens (tertiary/aromatic N) is 1. The first kappa shape index (κ1) is 12.4. The molecule has 2 heterocycles. The van der Waals surface area contributed by atoms with Crippen LogP contribution in [0.5, 0.6) is 0 Å². The molecular weight excluding hydrogens is 238 g/mol. The zero-order valence-electron chi connectivity index (χ0n) is 11.1. The van der Waals surface area contributed by atoms with Gasteiger partial charge >= 0.3 is 0 Å². The summed E-state index contributed by atoms with van der Waals surface area (Å²) in [5, 5.41) is 3.52. The third kappa shape index (κ3) is 2.55. The normalized spacial score (nSPS) is 22.2. The second-order valence-electron chi connectivity index (χ2n) is 5.22. The molecule has 4 nitrogen and oxygen atoms in total. The Hall–Kier alpha value is -1.65. The fourth-order valence-electron chi connectivity index (χ4n) is 2.60. The summed E-state index contributed by atoms with van der Waals surface area (Å²) >= 11 is 0. The Morgan fingerprint density at radius 3 is 3.00 bits per heavy atom. The molecule has 0 saturated carbocycles. The van der Waals surface area contributed by atoms with Crippen molar-refractivity contribution >= 4 is 0 Å². The van der Waals surface area contributed by atoms with Gasteiger partial charge < -0.3 is 15.0 Å². The van der Waals surface area contributed by atoms with E-state index in [1.807, 2.05) is 18.2 Å². The molecule has 0 amide bonds. The molecule has 0 bridgehead atoms. The summed E-state index contributed by atoms with van der Waals surface area (Å²) in [5.74, 6) is 0. The van der Waals surface area contributed by atoms with Gasteiger partial charge in [0.15, 0.2) is 0 Å². The lowest BCUT2D eigenvalue weighted by molar-refractivity contribution is 0.0586. The molecular formula is C15H19N3O. The summed E-state index contributed by atoms with van der Waals surface area (Å²) in [5.41, 5.74) is 3.32.